The van der Waals surface area contributed by atoms with E-state index in [1.165, 1.54) is 4.90 Å². The van der Waals surface area contributed by atoms with E-state index < -0.39 is 47.5 Å². The molecule has 1 aromatic rings. The van der Waals surface area contributed by atoms with Crippen LogP contribution in [0.3, 0.4) is 0 Å². The first-order chi connectivity index (χ1) is 17.2. The van der Waals surface area contributed by atoms with Gasteiger partial charge in [0.1, 0.15) is 11.6 Å². The number of rotatable bonds is 10. The summed E-state index contributed by atoms with van der Waals surface area (Å²) in [5, 5.41) is 19.9. The molecule has 10 heteroatoms. The molecule has 3 saturated heterocycles. The normalized spacial score (nSPS) is 31.3. The van der Waals surface area contributed by atoms with Crippen LogP contribution in [0.4, 0.5) is 11.4 Å². The van der Waals surface area contributed by atoms with Gasteiger partial charge in [-0.1, -0.05) is 22.0 Å². The molecule has 0 saturated carbocycles. The van der Waals surface area contributed by atoms with E-state index >= 15 is 0 Å². The van der Waals surface area contributed by atoms with E-state index in [1.54, 1.807) is 17.9 Å². The molecule has 7 atom stereocenters. The Labute approximate surface area is 219 Å². The molecule has 3 aliphatic heterocycles. The molecule has 2 amide bonds. The average molecular weight is 564 g/mol. The summed E-state index contributed by atoms with van der Waals surface area (Å²) in [5.41, 5.74) is 0.377. The third kappa shape index (κ3) is 3.94. The number of aliphatic hydroxyl groups excluding tert-OH is 1. The zero-order valence-electron chi connectivity index (χ0n) is 20.8. The summed E-state index contributed by atoms with van der Waals surface area (Å²) >= 11 is 3.54. The predicted octanol–water partition coefficient (Wildman–Crippen LogP) is 2.27. The molecule has 3 heterocycles. The molecule has 1 unspecified atom stereocenters. The van der Waals surface area contributed by atoms with E-state index in [0.717, 1.165) is 18.8 Å². The van der Waals surface area contributed by atoms with E-state index in [2.05, 4.69) is 41.3 Å². The van der Waals surface area contributed by atoms with Crippen LogP contribution < -0.4 is 9.80 Å². The van der Waals surface area contributed by atoms with E-state index in [-0.39, 0.29) is 23.9 Å². The fourth-order valence-electron chi connectivity index (χ4n) is 6.22. The van der Waals surface area contributed by atoms with Crippen molar-refractivity contribution in [3.8, 4) is 0 Å². The number of halogens is 1. The molecule has 1 spiro atoms. The summed E-state index contributed by atoms with van der Waals surface area (Å²) in [6.07, 6.45) is 1.23. The fraction of sp³-hybridized carbons (Fsp3) is 0.577. The van der Waals surface area contributed by atoms with Gasteiger partial charge in [-0.3, -0.25) is 14.4 Å². The van der Waals surface area contributed by atoms with Gasteiger partial charge in [-0.25, -0.2) is 0 Å². The second-order valence-corrected chi connectivity index (χ2v) is 10.9. The van der Waals surface area contributed by atoms with Crippen LogP contribution in [0, 0.1) is 11.8 Å². The molecule has 196 valence electrons. The number of benzene rings is 1. The van der Waals surface area contributed by atoms with Crippen LogP contribution in [0.5, 0.6) is 0 Å². The smallest absolute Gasteiger partial charge is 0.310 e. The zero-order valence-corrected chi connectivity index (χ0v) is 22.4. The predicted molar refractivity (Wildman–Crippen MR) is 139 cm³/mol. The van der Waals surface area contributed by atoms with Crippen molar-refractivity contribution in [2.75, 3.05) is 36.0 Å². The molecule has 4 rings (SSSR count). The number of hydrogen-bond acceptors (Lipinski definition) is 6. The van der Waals surface area contributed by atoms with E-state index in [9.17, 15) is 24.6 Å². The number of anilines is 2. The van der Waals surface area contributed by atoms with Gasteiger partial charge in [0.05, 0.1) is 30.6 Å². The third-order valence-electron chi connectivity index (χ3n) is 7.85. The first-order valence-electron chi connectivity index (χ1n) is 12.4. The number of ether oxygens (including phenoxy) is 1. The Morgan fingerprint density at radius 3 is 2.42 bits per heavy atom. The highest BCUT2D eigenvalue weighted by atomic mass is 79.9. The maximum atomic E-state index is 14.3. The highest BCUT2D eigenvalue weighted by Gasteiger charge is 2.77. The van der Waals surface area contributed by atoms with E-state index in [1.807, 2.05) is 24.3 Å². The number of likely N-dealkylation sites (tertiary alicyclic amines) is 1. The summed E-state index contributed by atoms with van der Waals surface area (Å²) in [6, 6.07) is 5.87. The zero-order chi connectivity index (χ0) is 26.4. The third-order valence-corrected chi connectivity index (χ3v) is 8.70. The molecule has 1 aromatic carbocycles. The van der Waals surface area contributed by atoms with Crippen molar-refractivity contribution in [2.24, 2.45) is 11.8 Å². The number of carbonyl (C=O) groups excluding carboxylic acids is 2. The number of amides is 2. The first-order valence-corrected chi connectivity index (χ1v) is 13.3. The van der Waals surface area contributed by atoms with Crippen molar-refractivity contribution in [3.63, 3.8) is 0 Å². The Morgan fingerprint density at radius 1 is 1.28 bits per heavy atom. The van der Waals surface area contributed by atoms with Crippen LogP contribution in [0.1, 0.15) is 27.2 Å². The highest BCUT2D eigenvalue weighted by Crippen LogP contribution is 2.60. The lowest BCUT2D eigenvalue weighted by atomic mass is 9.70. The summed E-state index contributed by atoms with van der Waals surface area (Å²) in [4.78, 5) is 45.0. The Morgan fingerprint density at radius 2 is 1.89 bits per heavy atom. The average Bonchev–Trinajstić information content (AvgIpc) is 3.46. The minimum absolute atomic E-state index is 0.194. The second-order valence-electron chi connectivity index (χ2n) is 9.71. The molecule has 9 nitrogen and oxygen atoms in total. The van der Waals surface area contributed by atoms with Crippen molar-refractivity contribution in [1.29, 1.82) is 0 Å². The topological polar surface area (TPSA) is 111 Å². The highest BCUT2D eigenvalue weighted by molar-refractivity contribution is 9.09. The van der Waals surface area contributed by atoms with Gasteiger partial charge in [0.25, 0.3) is 5.91 Å². The van der Waals surface area contributed by atoms with Crippen LogP contribution in [-0.4, -0.2) is 87.8 Å². The van der Waals surface area contributed by atoms with Crippen molar-refractivity contribution in [1.82, 2.24) is 4.90 Å². The van der Waals surface area contributed by atoms with Crippen molar-refractivity contribution < 1.29 is 29.3 Å². The second kappa shape index (κ2) is 10.1. The number of alkyl halides is 1. The van der Waals surface area contributed by atoms with E-state index in [0.29, 0.717) is 12.1 Å². The lowest BCUT2D eigenvalue weighted by Crippen LogP contribution is -2.58. The van der Waals surface area contributed by atoms with Crippen LogP contribution in [-0.2, 0) is 19.1 Å². The largest absolute Gasteiger partial charge is 0.481 e. The van der Waals surface area contributed by atoms with Gasteiger partial charge in [-0.2, -0.15) is 0 Å². The number of aliphatic carboxylic acids is 1. The van der Waals surface area contributed by atoms with Gasteiger partial charge in [-0.15, -0.1) is 6.58 Å². The molecule has 0 aliphatic carbocycles. The lowest BCUT2D eigenvalue weighted by molar-refractivity contribution is -0.150. The number of carbonyl (C=O) groups is 3. The minimum atomic E-state index is -1.29. The quantitative estimate of drug-likeness (QED) is 0.332. The van der Waals surface area contributed by atoms with Crippen molar-refractivity contribution >= 4 is 45.1 Å². The van der Waals surface area contributed by atoms with Gasteiger partial charge >= 0.3 is 5.97 Å². The molecule has 2 N–H and O–H groups in total. The number of aliphatic hydroxyl groups is 1. The number of fused-ring (bicyclic) bond motifs is 1. The molecule has 36 heavy (non-hydrogen) atoms. The number of hydrogen-bond donors (Lipinski definition) is 2. The van der Waals surface area contributed by atoms with Crippen LogP contribution >= 0.6 is 15.9 Å². The van der Waals surface area contributed by atoms with Crippen LogP contribution in [0.2, 0.25) is 0 Å². The molecule has 3 aliphatic rings. The maximum absolute atomic E-state index is 14.3. The molecular formula is C26H34BrN3O6. The van der Waals surface area contributed by atoms with Crippen molar-refractivity contribution in [3.05, 3.63) is 36.9 Å². The monoisotopic (exact) mass is 563 g/mol. The molecular weight excluding hydrogens is 530 g/mol. The minimum Gasteiger partial charge on any atom is -0.481 e. The van der Waals surface area contributed by atoms with Gasteiger partial charge in [0.2, 0.25) is 5.91 Å². The summed E-state index contributed by atoms with van der Waals surface area (Å²) < 4.78 is 6.29. The summed E-state index contributed by atoms with van der Waals surface area (Å²) in [6.45, 7) is 11.2. The van der Waals surface area contributed by atoms with Crippen LogP contribution in [0.25, 0.3) is 0 Å². The van der Waals surface area contributed by atoms with Crippen molar-refractivity contribution in [2.45, 2.75) is 55.8 Å². The number of carboxylic acids is 1. The van der Waals surface area contributed by atoms with Gasteiger partial charge in [-0.05, 0) is 51.5 Å². The number of nitrogens with zero attached hydrogens (tertiary/aromatic N) is 3. The van der Waals surface area contributed by atoms with E-state index in [4.69, 9.17) is 4.74 Å². The molecule has 2 bridgehead atoms. The van der Waals surface area contributed by atoms with Crippen LogP contribution in [0.15, 0.2) is 36.9 Å². The lowest BCUT2D eigenvalue weighted by Gasteiger charge is -2.38. The molecule has 0 radical (unpaired) electrons. The Bertz CT molecular complexity index is 1030. The maximum Gasteiger partial charge on any atom is 0.310 e. The molecule has 0 aromatic heterocycles. The summed E-state index contributed by atoms with van der Waals surface area (Å²) in [7, 11) is 0. The Kier molecular flexibility index (Phi) is 7.50. The fourth-order valence-corrected chi connectivity index (χ4v) is 7.17. The molecule has 3 fully saturated rings. The summed E-state index contributed by atoms with van der Waals surface area (Å²) in [5.74, 6) is -4.02. The number of carboxylic acid groups (broad SMARTS) is 1. The first kappa shape index (κ1) is 26.6. The SMILES string of the molecule is C=CCN(C(=O)[C@H]1N([C@H](C)CO)C(=O)[C@@H]2[C@@H](C(=O)O)[C@@H]3O[C@@]21CC3Br)c1ccc(N(CC)CC)cc1. The van der Waals surface area contributed by atoms with Gasteiger partial charge in [0, 0.05) is 35.8 Å². The Balaban J connectivity index is 1.77. The standard InChI is InChI=1S/C26H34BrN3O6/c1-5-12-29(17-10-8-16(9-11-17)28(6-2)7-3)24(33)22-26-13-18(27)21(36-26)19(25(34)35)20(26)23(32)30(22)15(4)14-31/h5,8-11,15,18-22,31H,1,6-7,12-14H2,2-4H3,(H,34,35)/t15-,18?,19-,20+,21-,22-,26+/m1/s1. The van der Waals surface area contributed by atoms with Gasteiger partial charge < -0.3 is 29.6 Å². The Hall–Kier alpha value is -2.43. The van der Waals surface area contributed by atoms with Gasteiger partial charge in [0.15, 0.2) is 0 Å².